The lowest BCUT2D eigenvalue weighted by Crippen LogP contribution is -2.34. The summed E-state index contributed by atoms with van der Waals surface area (Å²) in [6, 6.07) is 8.68. The van der Waals surface area contributed by atoms with Crippen LogP contribution >= 0.6 is 0 Å². The molecule has 0 atom stereocenters. The predicted molar refractivity (Wildman–Crippen MR) is 81.6 cm³/mol. The van der Waals surface area contributed by atoms with Gasteiger partial charge in [0, 0.05) is 31.2 Å². The third kappa shape index (κ3) is 5.45. The first-order valence-electron chi connectivity index (χ1n) is 6.89. The molecule has 0 aliphatic carbocycles. The van der Waals surface area contributed by atoms with Crippen molar-refractivity contribution in [3.63, 3.8) is 0 Å². The lowest BCUT2D eigenvalue weighted by molar-refractivity contribution is 0.190. The second-order valence-electron chi connectivity index (χ2n) is 4.86. The normalized spacial score (nSPS) is 11.0. The van der Waals surface area contributed by atoms with E-state index in [0.717, 1.165) is 25.4 Å². The fourth-order valence-electron chi connectivity index (χ4n) is 1.98. The van der Waals surface area contributed by atoms with Gasteiger partial charge >= 0.3 is 0 Å². The summed E-state index contributed by atoms with van der Waals surface area (Å²) < 4.78 is 5.90. The zero-order valence-electron chi connectivity index (χ0n) is 12.4. The summed E-state index contributed by atoms with van der Waals surface area (Å²) in [5.74, 6) is 0.971. The lowest BCUT2D eigenvalue weighted by atomic mass is 10.2. The number of hydrogen-bond acceptors (Lipinski definition) is 3. The summed E-state index contributed by atoms with van der Waals surface area (Å²) in [6.45, 7) is 11.5. The zero-order valence-corrected chi connectivity index (χ0v) is 12.4. The van der Waals surface area contributed by atoms with Gasteiger partial charge in [0.25, 0.3) is 0 Å². The molecule has 1 aromatic rings. The quantitative estimate of drug-likeness (QED) is 0.693. The van der Waals surface area contributed by atoms with Crippen molar-refractivity contribution in [2.75, 3.05) is 26.7 Å². The van der Waals surface area contributed by atoms with Crippen molar-refractivity contribution >= 4 is 0 Å². The van der Waals surface area contributed by atoms with Gasteiger partial charge in [-0.1, -0.05) is 24.3 Å². The SMILES string of the molecule is C=CCN(CCOc1ccccc1CNC)C(C)C. The molecule has 19 heavy (non-hydrogen) atoms. The first kappa shape index (κ1) is 15.7. The Morgan fingerprint density at radius 1 is 1.37 bits per heavy atom. The molecule has 0 bridgehead atoms. The number of nitrogens with zero attached hydrogens (tertiary/aromatic N) is 1. The van der Waals surface area contributed by atoms with E-state index in [4.69, 9.17) is 4.74 Å². The van der Waals surface area contributed by atoms with Crippen LogP contribution in [0.2, 0.25) is 0 Å². The van der Waals surface area contributed by atoms with Crippen LogP contribution in [0.3, 0.4) is 0 Å². The highest BCUT2D eigenvalue weighted by Crippen LogP contribution is 2.17. The second-order valence-corrected chi connectivity index (χ2v) is 4.86. The van der Waals surface area contributed by atoms with Crippen molar-refractivity contribution in [1.29, 1.82) is 0 Å². The van der Waals surface area contributed by atoms with E-state index >= 15 is 0 Å². The van der Waals surface area contributed by atoms with E-state index in [1.807, 2.05) is 31.3 Å². The largest absolute Gasteiger partial charge is 0.492 e. The highest BCUT2D eigenvalue weighted by Gasteiger charge is 2.08. The Bertz CT molecular complexity index is 377. The van der Waals surface area contributed by atoms with E-state index in [-0.39, 0.29) is 0 Å². The number of rotatable bonds is 9. The molecule has 3 nitrogen and oxygen atoms in total. The van der Waals surface area contributed by atoms with Crippen LogP contribution in [0.4, 0.5) is 0 Å². The lowest BCUT2D eigenvalue weighted by Gasteiger charge is -2.25. The summed E-state index contributed by atoms with van der Waals surface area (Å²) in [4.78, 5) is 2.34. The van der Waals surface area contributed by atoms with Crippen LogP contribution in [0.1, 0.15) is 19.4 Å². The Morgan fingerprint density at radius 2 is 2.11 bits per heavy atom. The van der Waals surface area contributed by atoms with Crippen molar-refractivity contribution in [3.05, 3.63) is 42.5 Å². The van der Waals surface area contributed by atoms with Crippen LogP contribution < -0.4 is 10.1 Å². The number of nitrogens with one attached hydrogen (secondary N) is 1. The van der Waals surface area contributed by atoms with Gasteiger partial charge in [-0.05, 0) is 27.0 Å². The molecule has 0 unspecified atom stereocenters. The second kappa shape index (κ2) is 8.73. The first-order chi connectivity index (χ1) is 9.19. The molecule has 1 aromatic carbocycles. The van der Waals surface area contributed by atoms with Gasteiger partial charge in [0.15, 0.2) is 0 Å². The Hall–Kier alpha value is -1.32. The maximum atomic E-state index is 5.90. The fourth-order valence-corrected chi connectivity index (χ4v) is 1.98. The van der Waals surface area contributed by atoms with Crippen molar-refractivity contribution in [1.82, 2.24) is 10.2 Å². The Labute approximate surface area is 117 Å². The van der Waals surface area contributed by atoms with Crippen molar-refractivity contribution in [2.24, 2.45) is 0 Å². The minimum atomic E-state index is 0.508. The van der Waals surface area contributed by atoms with Crippen molar-refractivity contribution in [3.8, 4) is 5.75 Å². The Morgan fingerprint density at radius 3 is 2.74 bits per heavy atom. The molecule has 0 aromatic heterocycles. The van der Waals surface area contributed by atoms with E-state index in [0.29, 0.717) is 12.6 Å². The smallest absolute Gasteiger partial charge is 0.123 e. The fraction of sp³-hybridized carbons (Fsp3) is 0.500. The molecule has 1 rings (SSSR count). The number of benzene rings is 1. The van der Waals surface area contributed by atoms with E-state index < -0.39 is 0 Å². The molecule has 3 heteroatoms. The van der Waals surface area contributed by atoms with Gasteiger partial charge in [-0.15, -0.1) is 6.58 Å². The van der Waals surface area contributed by atoms with E-state index in [1.165, 1.54) is 5.56 Å². The summed E-state index contributed by atoms with van der Waals surface area (Å²) in [5.41, 5.74) is 1.20. The number of ether oxygens (including phenoxy) is 1. The molecular formula is C16H26N2O. The minimum absolute atomic E-state index is 0.508. The monoisotopic (exact) mass is 262 g/mol. The van der Waals surface area contributed by atoms with Crippen LogP contribution in [-0.4, -0.2) is 37.7 Å². The van der Waals surface area contributed by atoms with Gasteiger partial charge in [0.05, 0.1) is 0 Å². The molecule has 0 amide bonds. The third-order valence-corrected chi connectivity index (χ3v) is 3.07. The maximum Gasteiger partial charge on any atom is 0.123 e. The van der Waals surface area contributed by atoms with Gasteiger partial charge in [-0.2, -0.15) is 0 Å². The van der Waals surface area contributed by atoms with Crippen LogP contribution in [0.25, 0.3) is 0 Å². The first-order valence-corrected chi connectivity index (χ1v) is 6.89. The molecule has 0 heterocycles. The molecule has 0 saturated carbocycles. The predicted octanol–water partition coefficient (Wildman–Crippen LogP) is 2.68. The maximum absolute atomic E-state index is 5.90. The number of hydrogen-bond donors (Lipinski definition) is 1. The number of para-hydroxylation sites is 1. The topological polar surface area (TPSA) is 24.5 Å². The van der Waals surface area contributed by atoms with Gasteiger partial charge < -0.3 is 10.1 Å². The molecule has 0 saturated heterocycles. The summed E-state index contributed by atoms with van der Waals surface area (Å²) in [5, 5.41) is 3.16. The third-order valence-electron chi connectivity index (χ3n) is 3.07. The van der Waals surface area contributed by atoms with Gasteiger partial charge in [-0.25, -0.2) is 0 Å². The molecule has 0 spiro atoms. The molecular weight excluding hydrogens is 236 g/mol. The summed E-state index contributed by atoms with van der Waals surface area (Å²) in [7, 11) is 1.95. The highest BCUT2D eigenvalue weighted by molar-refractivity contribution is 5.33. The van der Waals surface area contributed by atoms with Crippen LogP contribution in [0.5, 0.6) is 5.75 Å². The zero-order chi connectivity index (χ0) is 14.1. The van der Waals surface area contributed by atoms with E-state index in [2.05, 4.69) is 36.7 Å². The van der Waals surface area contributed by atoms with E-state index in [1.54, 1.807) is 0 Å². The van der Waals surface area contributed by atoms with Crippen LogP contribution in [0.15, 0.2) is 36.9 Å². The van der Waals surface area contributed by atoms with Crippen molar-refractivity contribution < 1.29 is 4.74 Å². The average Bonchev–Trinajstić information content (AvgIpc) is 2.40. The Balaban J connectivity index is 2.49. The highest BCUT2D eigenvalue weighted by atomic mass is 16.5. The molecule has 106 valence electrons. The van der Waals surface area contributed by atoms with E-state index in [9.17, 15) is 0 Å². The van der Waals surface area contributed by atoms with Gasteiger partial charge in [-0.3, -0.25) is 4.90 Å². The standard InChI is InChI=1S/C16H26N2O/c1-5-10-18(14(2)3)11-12-19-16-9-7-6-8-15(16)13-17-4/h5-9,14,17H,1,10-13H2,2-4H3. The molecule has 0 aliphatic heterocycles. The minimum Gasteiger partial charge on any atom is -0.492 e. The van der Waals surface area contributed by atoms with Crippen LogP contribution in [0, 0.1) is 0 Å². The van der Waals surface area contributed by atoms with Crippen LogP contribution in [-0.2, 0) is 6.54 Å². The average molecular weight is 262 g/mol. The molecule has 0 fully saturated rings. The molecule has 0 radical (unpaired) electrons. The van der Waals surface area contributed by atoms with Crippen molar-refractivity contribution in [2.45, 2.75) is 26.4 Å². The molecule has 1 N–H and O–H groups in total. The Kier molecular flexibility index (Phi) is 7.23. The molecule has 0 aliphatic rings. The summed E-state index contributed by atoms with van der Waals surface area (Å²) >= 11 is 0. The van der Waals surface area contributed by atoms with Gasteiger partial charge in [0.1, 0.15) is 12.4 Å². The summed E-state index contributed by atoms with van der Waals surface area (Å²) in [6.07, 6.45) is 1.94. The van der Waals surface area contributed by atoms with Gasteiger partial charge in [0.2, 0.25) is 0 Å².